The Kier molecular flexibility index (Phi) is 14.7. The smallest absolute Gasteiger partial charge is 0.414 e. The number of aliphatic hydroxyl groups is 2. The summed E-state index contributed by atoms with van der Waals surface area (Å²) < 4.78 is 37.3. The maximum absolute atomic E-state index is 16.3. The summed E-state index contributed by atoms with van der Waals surface area (Å²) in [5.74, 6) is -10.8. The van der Waals surface area contributed by atoms with Crippen molar-refractivity contribution in [3.8, 4) is 0 Å². The number of aromatic carboxylic acids is 1. The number of ketones is 1. The number of esters is 4. The van der Waals surface area contributed by atoms with Crippen molar-refractivity contribution in [2.24, 2.45) is 22.7 Å². The number of amides is 2. The van der Waals surface area contributed by atoms with Crippen LogP contribution >= 0.6 is 0 Å². The summed E-state index contributed by atoms with van der Waals surface area (Å²) in [4.78, 5) is 114. The van der Waals surface area contributed by atoms with Crippen LogP contribution in [-0.4, -0.2) is 118 Å². The number of carbonyl (C=O) groups excluding carboxylic acids is 7. The van der Waals surface area contributed by atoms with Gasteiger partial charge in [-0.05, 0) is 54.5 Å². The maximum atomic E-state index is 16.3. The first-order chi connectivity index (χ1) is 35.5. The summed E-state index contributed by atoms with van der Waals surface area (Å²) in [6.07, 6.45) is -10.7. The number of nitrogens with zero attached hydrogens (tertiary/aromatic N) is 1. The lowest BCUT2D eigenvalue weighted by atomic mass is 9.45. The molecule has 75 heavy (non-hydrogen) atoms. The van der Waals surface area contributed by atoms with Crippen LogP contribution < -0.4 is 10.2 Å². The molecule has 0 radical (unpaired) electrons. The zero-order valence-corrected chi connectivity index (χ0v) is 42.2. The maximum Gasteiger partial charge on any atom is 0.414 e. The molecular weight excluding hydrogens is 973 g/mol. The minimum Gasteiger partial charge on any atom is -0.478 e. The second-order valence-corrected chi connectivity index (χ2v) is 20.1. The molecule has 0 aromatic heterocycles. The molecule has 394 valence electrons. The average molecular weight is 1030 g/mol. The van der Waals surface area contributed by atoms with Gasteiger partial charge in [0.25, 0.3) is 5.91 Å². The van der Waals surface area contributed by atoms with Gasteiger partial charge in [-0.3, -0.25) is 24.1 Å². The number of Topliss-reactive ketones (excluding diaryl/α,β-unsaturated/α-hetero) is 1. The van der Waals surface area contributed by atoms with Gasteiger partial charge in [0.15, 0.2) is 17.5 Å². The molecule has 4 aromatic rings. The number of nitrogens with one attached hydrogen (secondary N) is 1. The Balaban J connectivity index is 1.31. The topological polar surface area (TPSA) is 268 Å². The summed E-state index contributed by atoms with van der Waals surface area (Å²) >= 11 is 0. The minimum absolute atomic E-state index is 0.00871. The van der Waals surface area contributed by atoms with Crippen LogP contribution in [0, 0.1) is 22.7 Å². The quantitative estimate of drug-likeness (QED) is 0.0894. The Morgan fingerprint density at radius 1 is 0.787 bits per heavy atom. The fraction of sp³-hybridized carbons (Fsp3) is 0.393. The predicted molar refractivity (Wildman–Crippen MR) is 263 cm³/mol. The van der Waals surface area contributed by atoms with Crippen LogP contribution in [0.2, 0.25) is 0 Å². The molecule has 3 fully saturated rings. The SMILES string of the molecule is CC(=O)OC1=C2C(C)[C@@H](OC(=O)[C@@H](O)[C@H](NC(=O)c3ccccc3)c3ccccc3)C[C@@](O)([C@@H](OC(=O)c3ccccc3)[C@@H]3[C@]4(OC(C)=O)CO[C@@H]4C[C@H](OC(=O)N(C)c4ccccc4C(=O)O)[C@@]3(C)C1=O)C2(C)C. The summed E-state index contributed by atoms with van der Waals surface area (Å²) in [5.41, 5.74) is -8.54. The van der Waals surface area contributed by atoms with Crippen molar-refractivity contribution in [1.82, 2.24) is 5.32 Å². The molecule has 1 aliphatic heterocycles. The Hall–Kier alpha value is -7.74. The summed E-state index contributed by atoms with van der Waals surface area (Å²) in [5, 5.41) is 38.8. The first kappa shape index (κ1) is 53.5. The number of hydrogen-bond donors (Lipinski definition) is 4. The predicted octanol–water partition coefficient (Wildman–Crippen LogP) is 5.92. The van der Waals surface area contributed by atoms with Crippen molar-refractivity contribution in [3.63, 3.8) is 0 Å². The molecule has 11 atom stereocenters. The lowest BCUT2D eigenvalue weighted by Crippen LogP contribution is -2.81. The summed E-state index contributed by atoms with van der Waals surface area (Å²) in [7, 11) is 1.25. The highest BCUT2D eigenvalue weighted by atomic mass is 16.6. The first-order valence-corrected chi connectivity index (χ1v) is 24.3. The highest BCUT2D eigenvalue weighted by Crippen LogP contribution is 2.65. The molecule has 3 aliphatic carbocycles. The molecule has 8 rings (SSSR count). The van der Waals surface area contributed by atoms with Gasteiger partial charge in [0.2, 0.25) is 5.78 Å². The summed E-state index contributed by atoms with van der Waals surface area (Å²) in [6, 6.07) is 28.1. The van der Waals surface area contributed by atoms with Gasteiger partial charge in [0.1, 0.15) is 30.0 Å². The molecule has 4 aromatic carbocycles. The lowest BCUT2D eigenvalue weighted by Gasteiger charge is -2.67. The number of allylic oxidation sites excluding steroid dienone is 1. The molecule has 2 bridgehead atoms. The molecular formula is C56H58N2O17. The number of anilines is 1. The van der Waals surface area contributed by atoms with Crippen LogP contribution in [0.5, 0.6) is 0 Å². The third kappa shape index (κ3) is 9.44. The van der Waals surface area contributed by atoms with Gasteiger partial charge in [0.05, 0.1) is 40.8 Å². The number of carbonyl (C=O) groups is 8. The molecule has 1 heterocycles. The lowest BCUT2D eigenvalue weighted by molar-refractivity contribution is -0.344. The van der Waals surface area contributed by atoms with Crippen LogP contribution in [0.25, 0.3) is 0 Å². The second-order valence-electron chi connectivity index (χ2n) is 20.1. The number of carboxylic acid groups (broad SMARTS) is 1. The van der Waals surface area contributed by atoms with E-state index >= 15 is 4.79 Å². The highest BCUT2D eigenvalue weighted by molar-refractivity contribution is 6.03. The Bertz CT molecular complexity index is 2950. The molecule has 2 amide bonds. The number of fused-ring (bicyclic) bond motifs is 5. The normalized spacial score (nSPS) is 28.1. The van der Waals surface area contributed by atoms with Crippen molar-refractivity contribution in [2.45, 2.75) is 102 Å². The molecule has 1 unspecified atom stereocenters. The molecule has 19 nitrogen and oxygen atoms in total. The van der Waals surface area contributed by atoms with Gasteiger partial charge in [-0.2, -0.15) is 0 Å². The van der Waals surface area contributed by atoms with Crippen LogP contribution in [0.15, 0.2) is 127 Å². The summed E-state index contributed by atoms with van der Waals surface area (Å²) in [6.45, 7) is 7.61. The zero-order valence-electron chi connectivity index (χ0n) is 42.2. The van der Waals surface area contributed by atoms with E-state index in [0.717, 1.165) is 18.7 Å². The van der Waals surface area contributed by atoms with Crippen molar-refractivity contribution >= 4 is 53.3 Å². The first-order valence-electron chi connectivity index (χ1n) is 24.3. The standard InChI is InChI=1S/C56H58N2O17/c1-30-38(72-51(67)43(61)42(33-19-11-8-12-20-33)57-48(63)34-21-13-9-14-22-34)28-56(69)47(74-50(66)35-23-15-10-16-24-35)45-54(6,46(62)44(71-31(2)59)41(30)53(56,4)5)39(27-40-55(45,29-70-40)75-32(3)60)73-52(68)58(7)37-26-18-17-25-36(37)49(64)65/h8-26,30,38-40,42-43,45,47,61,69H,27-29H2,1-7H3,(H,57,63)(H,64,65)/t30?,38-,39-,40+,42+,43-,45-,47-,54+,55-,56+/m0/s1. The van der Waals surface area contributed by atoms with E-state index in [9.17, 15) is 48.9 Å². The van der Waals surface area contributed by atoms with E-state index in [-0.39, 0.29) is 34.4 Å². The van der Waals surface area contributed by atoms with E-state index in [1.165, 1.54) is 64.2 Å². The monoisotopic (exact) mass is 1030 g/mol. The minimum atomic E-state index is -2.55. The number of carboxylic acids is 1. The zero-order chi connectivity index (χ0) is 54.4. The number of hydrogen-bond acceptors (Lipinski definition) is 16. The molecule has 4 aliphatic rings. The van der Waals surface area contributed by atoms with Gasteiger partial charge in [-0.1, -0.05) is 99.6 Å². The third-order valence-electron chi connectivity index (χ3n) is 15.5. The van der Waals surface area contributed by atoms with Crippen LogP contribution in [0.1, 0.15) is 97.1 Å². The van der Waals surface area contributed by atoms with E-state index in [4.69, 9.17) is 28.4 Å². The second kappa shape index (κ2) is 20.5. The van der Waals surface area contributed by atoms with E-state index < -0.39 is 137 Å². The largest absolute Gasteiger partial charge is 0.478 e. The third-order valence-corrected chi connectivity index (χ3v) is 15.5. The molecule has 19 heteroatoms. The van der Waals surface area contributed by atoms with Gasteiger partial charge in [0, 0.05) is 50.6 Å². The molecule has 2 saturated carbocycles. The van der Waals surface area contributed by atoms with E-state index in [2.05, 4.69) is 5.32 Å². The van der Waals surface area contributed by atoms with E-state index in [0.29, 0.717) is 5.56 Å². The highest BCUT2D eigenvalue weighted by Gasteiger charge is 2.79. The Labute approximate surface area is 431 Å². The van der Waals surface area contributed by atoms with Gasteiger partial charge in [-0.15, -0.1) is 0 Å². The Morgan fingerprint density at radius 2 is 1.37 bits per heavy atom. The van der Waals surface area contributed by atoms with Crippen LogP contribution in [0.4, 0.5) is 10.5 Å². The van der Waals surface area contributed by atoms with E-state index in [1.807, 2.05) is 0 Å². The van der Waals surface area contributed by atoms with E-state index in [1.54, 1.807) is 85.8 Å². The van der Waals surface area contributed by atoms with Crippen LogP contribution in [-0.2, 0) is 47.6 Å². The van der Waals surface area contributed by atoms with Crippen molar-refractivity contribution in [2.75, 3.05) is 18.6 Å². The number of ether oxygens (including phenoxy) is 6. The van der Waals surface area contributed by atoms with Gasteiger partial charge in [-0.25, -0.2) is 19.2 Å². The molecule has 1 saturated heterocycles. The van der Waals surface area contributed by atoms with Crippen molar-refractivity contribution < 1.29 is 82.1 Å². The fourth-order valence-electron chi connectivity index (χ4n) is 11.6. The number of rotatable bonds is 13. The van der Waals surface area contributed by atoms with Crippen LogP contribution in [0.3, 0.4) is 0 Å². The Morgan fingerprint density at radius 3 is 1.95 bits per heavy atom. The number of aliphatic hydroxyl groups excluding tert-OH is 1. The number of para-hydroxylation sites is 1. The van der Waals surface area contributed by atoms with Crippen molar-refractivity contribution in [1.29, 1.82) is 0 Å². The average Bonchev–Trinajstić information content (AvgIpc) is 3.42. The number of benzene rings is 4. The van der Waals surface area contributed by atoms with Crippen molar-refractivity contribution in [3.05, 3.63) is 149 Å². The molecule has 4 N–H and O–H groups in total. The molecule has 0 spiro atoms. The van der Waals surface area contributed by atoms with Gasteiger partial charge < -0.3 is 49.1 Å². The fourth-order valence-corrected chi connectivity index (χ4v) is 11.6. The van der Waals surface area contributed by atoms with Gasteiger partial charge >= 0.3 is 35.9 Å².